The maximum atomic E-state index is 13.5. The molecule has 1 aliphatic rings. The molecule has 1 fully saturated rings. The van der Waals surface area contributed by atoms with Gasteiger partial charge in [-0.25, -0.2) is 0 Å². The van der Waals surface area contributed by atoms with Gasteiger partial charge in [-0.3, -0.25) is 4.79 Å². The number of rotatable bonds is 11. The Balaban J connectivity index is 1.87. The molecular weight excluding hydrogens is 464 g/mol. The second-order valence-corrected chi connectivity index (χ2v) is 9.72. The van der Waals surface area contributed by atoms with Crippen molar-refractivity contribution in [2.75, 3.05) is 27.8 Å². The van der Waals surface area contributed by atoms with E-state index in [2.05, 4.69) is 41.1 Å². The van der Waals surface area contributed by atoms with Crippen LogP contribution in [0.15, 0.2) is 36.5 Å². The molecule has 7 heteroatoms. The SMILES string of the molecule is CCNC1CCCC(c2ccc(C)c(C(=O)N[C@H](C)c3cc(OC)c(OC)c(/C(C=N)=C/NC)c3)c2)C1. The van der Waals surface area contributed by atoms with Gasteiger partial charge in [-0.2, -0.15) is 0 Å². The van der Waals surface area contributed by atoms with Gasteiger partial charge in [-0.1, -0.05) is 25.5 Å². The lowest BCUT2D eigenvalue weighted by Gasteiger charge is -2.30. The number of methoxy groups -OCH3 is 2. The second-order valence-electron chi connectivity index (χ2n) is 9.72. The second kappa shape index (κ2) is 13.3. The number of allylic oxidation sites excluding steroid dienone is 1. The molecule has 0 aromatic heterocycles. The molecule has 200 valence electrons. The summed E-state index contributed by atoms with van der Waals surface area (Å²) in [6.07, 6.45) is 7.69. The first-order chi connectivity index (χ1) is 17.9. The summed E-state index contributed by atoms with van der Waals surface area (Å²) in [5.74, 6) is 1.46. The maximum absolute atomic E-state index is 13.5. The van der Waals surface area contributed by atoms with Gasteiger partial charge in [0.2, 0.25) is 0 Å². The summed E-state index contributed by atoms with van der Waals surface area (Å²) in [5, 5.41) is 17.6. The Morgan fingerprint density at radius 3 is 2.59 bits per heavy atom. The molecule has 1 saturated carbocycles. The molecule has 0 bridgehead atoms. The van der Waals surface area contributed by atoms with Gasteiger partial charge >= 0.3 is 0 Å². The quantitative estimate of drug-likeness (QED) is 0.308. The Labute approximate surface area is 221 Å². The highest BCUT2D eigenvalue weighted by Gasteiger charge is 2.24. The lowest BCUT2D eigenvalue weighted by molar-refractivity contribution is 0.0939. The first-order valence-electron chi connectivity index (χ1n) is 13.2. The normalized spacial score (nSPS) is 18.6. The molecule has 1 aliphatic carbocycles. The van der Waals surface area contributed by atoms with Crippen LogP contribution in [-0.2, 0) is 0 Å². The number of nitrogens with one attached hydrogen (secondary N) is 4. The number of carbonyl (C=O) groups is 1. The number of carbonyl (C=O) groups excluding carboxylic acids is 1. The highest BCUT2D eigenvalue weighted by Crippen LogP contribution is 2.38. The van der Waals surface area contributed by atoms with Gasteiger partial charge < -0.3 is 30.8 Å². The van der Waals surface area contributed by atoms with Crippen LogP contribution in [0.4, 0.5) is 0 Å². The van der Waals surface area contributed by atoms with Crippen LogP contribution < -0.4 is 25.4 Å². The van der Waals surface area contributed by atoms with E-state index >= 15 is 0 Å². The lowest BCUT2D eigenvalue weighted by Crippen LogP contribution is -2.33. The molecule has 0 saturated heterocycles. The largest absolute Gasteiger partial charge is 0.493 e. The monoisotopic (exact) mass is 506 g/mol. The van der Waals surface area contributed by atoms with E-state index in [1.165, 1.54) is 24.6 Å². The van der Waals surface area contributed by atoms with Gasteiger partial charge in [0.15, 0.2) is 11.5 Å². The van der Waals surface area contributed by atoms with Crippen molar-refractivity contribution in [3.63, 3.8) is 0 Å². The van der Waals surface area contributed by atoms with Crippen molar-refractivity contribution in [3.8, 4) is 11.5 Å². The standard InChI is InChI=1S/C30H42N4O3/c1-7-33-25-10-8-9-21(13-25)22-12-11-19(2)26(14-22)30(35)34-20(3)23-15-27(24(17-31)18-32-4)29(37-6)28(16-23)36-5/h11-12,14-18,20-21,25,31-33H,7-10,13H2,1-6H3,(H,34,35)/b24-18+,31-17?/t20-,21?,25?/m1/s1. The minimum atomic E-state index is -0.288. The van der Waals surface area contributed by atoms with E-state index in [0.29, 0.717) is 40.2 Å². The third kappa shape index (κ3) is 6.72. The summed E-state index contributed by atoms with van der Waals surface area (Å²) < 4.78 is 11.2. The minimum absolute atomic E-state index is 0.0970. The predicted octanol–water partition coefficient (Wildman–Crippen LogP) is 5.35. The van der Waals surface area contributed by atoms with Crippen molar-refractivity contribution >= 4 is 17.7 Å². The zero-order chi connectivity index (χ0) is 26.9. The number of ether oxygens (including phenoxy) is 2. The average Bonchev–Trinajstić information content (AvgIpc) is 2.91. The Hall–Kier alpha value is -3.32. The molecule has 4 N–H and O–H groups in total. The molecule has 2 aromatic carbocycles. The van der Waals surface area contributed by atoms with Crippen LogP contribution in [0.3, 0.4) is 0 Å². The predicted molar refractivity (Wildman–Crippen MR) is 151 cm³/mol. The molecule has 0 heterocycles. The van der Waals surface area contributed by atoms with Crippen LogP contribution in [0.2, 0.25) is 0 Å². The summed E-state index contributed by atoms with van der Waals surface area (Å²) >= 11 is 0. The Bertz CT molecular complexity index is 1130. The van der Waals surface area contributed by atoms with E-state index in [-0.39, 0.29) is 11.9 Å². The maximum Gasteiger partial charge on any atom is 0.252 e. The van der Waals surface area contributed by atoms with Gasteiger partial charge in [0.05, 0.1) is 20.3 Å². The Morgan fingerprint density at radius 2 is 1.95 bits per heavy atom. The number of benzene rings is 2. The molecule has 1 amide bonds. The Morgan fingerprint density at radius 1 is 1.16 bits per heavy atom. The molecule has 7 nitrogen and oxygen atoms in total. The van der Waals surface area contributed by atoms with Crippen molar-refractivity contribution in [1.29, 1.82) is 5.41 Å². The smallest absolute Gasteiger partial charge is 0.252 e. The Kier molecular flexibility index (Phi) is 10.1. The zero-order valence-electron chi connectivity index (χ0n) is 23.0. The highest BCUT2D eigenvalue weighted by atomic mass is 16.5. The fourth-order valence-corrected chi connectivity index (χ4v) is 5.27. The van der Waals surface area contributed by atoms with Crippen molar-refractivity contribution in [1.82, 2.24) is 16.0 Å². The number of aryl methyl sites for hydroxylation is 1. The van der Waals surface area contributed by atoms with E-state index in [4.69, 9.17) is 14.9 Å². The van der Waals surface area contributed by atoms with Gasteiger partial charge in [0.25, 0.3) is 5.91 Å². The van der Waals surface area contributed by atoms with Crippen LogP contribution in [-0.4, -0.2) is 46.0 Å². The van der Waals surface area contributed by atoms with E-state index in [0.717, 1.165) is 30.5 Å². The van der Waals surface area contributed by atoms with Crippen molar-refractivity contribution in [2.45, 2.75) is 64.5 Å². The van der Waals surface area contributed by atoms with Gasteiger partial charge in [0, 0.05) is 42.2 Å². The van der Waals surface area contributed by atoms with Crippen LogP contribution in [0.1, 0.15) is 84.1 Å². The summed E-state index contributed by atoms with van der Waals surface area (Å²) in [6.45, 7) is 7.08. The number of hydrogen-bond acceptors (Lipinski definition) is 6. The van der Waals surface area contributed by atoms with Crippen molar-refractivity contribution < 1.29 is 14.3 Å². The van der Waals surface area contributed by atoms with E-state index in [1.54, 1.807) is 27.5 Å². The fraction of sp³-hybridized carbons (Fsp3) is 0.467. The van der Waals surface area contributed by atoms with E-state index in [1.807, 2.05) is 26.0 Å². The fourth-order valence-electron chi connectivity index (χ4n) is 5.27. The lowest BCUT2D eigenvalue weighted by atomic mass is 9.80. The topological polar surface area (TPSA) is 95.5 Å². The summed E-state index contributed by atoms with van der Waals surface area (Å²) in [4.78, 5) is 13.5. The highest BCUT2D eigenvalue weighted by molar-refractivity contribution is 6.09. The zero-order valence-corrected chi connectivity index (χ0v) is 23.0. The summed E-state index contributed by atoms with van der Waals surface area (Å²) in [7, 11) is 4.95. The van der Waals surface area contributed by atoms with Crippen molar-refractivity contribution in [2.24, 2.45) is 0 Å². The first-order valence-corrected chi connectivity index (χ1v) is 13.2. The third-order valence-corrected chi connectivity index (χ3v) is 7.26. The molecular formula is C30H42N4O3. The van der Waals surface area contributed by atoms with Crippen LogP contribution in [0.5, 0.6) is 11.5 Å². The van der Waals surface area contributed by atoms with E-state index in [9.17, 15) is 4.79 Å². The molecule has 2 aromatic rings. The first kappa shape index (κ1) is 28.3. The molecule has 0 aliphatic heterocycles. The number of hydrogen-bond donors (Lipinski definition) is 4. The van der Waals surface area contributed by atoms with Crippen LogP contribution in [0.25, 0.3) is 5.57 Å². The van der Waals surface area contributed by atoms with Gasteiger partial charge in [0.1, 0.15) is 0 Å². The van der Waals surface area contributed by atoms with Gasteiger partial charge in [-0.15, -0.1) is 0 Å². The van der Waals surface area contributed by atoms with Crippen LogP contribution in [0, 0.1) is 12.3 Å². The molecule has 0 radical (unpaired) electrons. The molecule has 2 unspecified atom stereocenters. The molecule has 3 rings (SSSR count). The van der Waals surface area contributed by atoms with E-state index < -0.39 is 0 Å². The average molecular weight is 507 g/mol. The number of amides is 1. The molecule has 3 atom stereocenters. The van der Waals surface area contributed by atoms with Crippen LogP contribution >= 0.6 is 0 Å². The van der Waals surface area contributed by atoms with Crippen molar-refractivity contribution in [3.05, 3.63) is 64.3 Å². The molecule has 37 heavy (non-hydrogen) atoms. The van der Waals surface area contributed by atoms with Gasteiger partial charge in [-0.05, 0) is 80.5 Å². The third-order valence-electron chi connectivity index (χ3n) is 7.26. The molecule has 0 spiro atoms. The summed E-state index contributed by atoms with van der Waals surface area (Å²) in [6, 6.07) is 10.4. The summed E-state index contributed by atoms with van der Waals surface area (Å²) in [5.41, 5.74) is 5.14. The minimum Gasteiger partial charge on any atom is -0.493 e.